The Balaban J connectivity index is 3.13. The number of amides is 3. The van der Waals surface area contributed by atoms with Gasteiger partial charge in [-0.25, -0.2) is 4.79 Å². The number of aliphatic carboxylic acids is 2. The normalized spacial score (nSPS) is 14.4. The van der Waals surface area contributed by atoms with E-state index in [1.807, 2.05) is 13.8 Å². The van der Waals surface area contributed by atoms with Gasteiger partial charge in [-0.15, -0.1) is 0 Å². The maximum absolute atomic E-state index is 13.2. The lowest BCUT2D eigenvalue weighted by Gasteiger charge is -2.27. The molecule has 0 fully saturated rings. The van der Waals surface area contributed by atoms with E-state index in [-0.39, 0.29) is 37.4 Å². The first kappa shape index (κ1) is 31.4. The predicted molar refractivity (Wildman–Crippen MR) is 134 cm³/mol. The standard InChI is InChI=1S/C25H38N4O8/c1-13(2)11-18(27-22(33)17(26)9-10-20(31)32)23(34)28-19(12-15-5-7-16(30)8-6-15)24(35)29-21(14(3)4)25(36)37/h5-8,13-14,17-19,21,30H,9-12,26H2,1-4H3,(H,27,33)(H,28,34)(H,29,35)(H,31,32)(H,36,37). The Morgan fingerprint density at radius 3 is 1.86 bits per heavy atom. The van der Waals surface area contributed by atoms with E-state index >= 15 is 0 Å². The molecule has 4 unspecified atom stereocenters. The lowest BCUT2D eigenvalue weighted by Crippen LogP contribution is -2.58. The van der Waals surface area contributed by atoms with Gasteiger partial charge in [0.25, 0.3) is 0 Å². The van der Waals surface area contributed by atoms with E-state index in [0.717, 1.165) is 0 Å². The zero-order valence-electron chi connectivity index (χ0n) is 21.6. The van der Waals surface area contributed by atoms with Crippen LogP contribution < -0.4 is 21.7 Å². The molecule has 8 N–H and O–H groups in total. The van der Waals surface area contributed by atoms with Crippen molar-refractivity contribution < 1.29 is 39.3 Å². The first-order valence-corrected chi connectivity index (χ1v) is 12.1. The summed E-state index contributed by atoms with van der Waals surface area (Å²) in [5.74, 6) is -4.88. The maximum Gasteiger partial charge on any atom is 0.326 e. The van der Waals surface area contributed by atoms with Gasteiger partial charge in [-0.3, -0.25) is 19.2 Å². The lowest BCUT2D eigenvalue weighted by molar-refractivity contribution is -0.143. The van der Waals surface area contributed by atoms with Gasteiger partial charge in [-0.05, 0) is 42.4 Å². The van der Waals surface area contributed by atoms with Gasteiger partial charge in [-0.1, -0.05) is 39.8 Å². The lowest BCUT2D eigenvalue weighted by atomic mass is 9.99. The van der Waals surface area contributed by atoms with E-state index in [0.29, 0.717) is 5.56 Å². The second-order valence-electron chi connectivity index (χ2n) is 9.73. The Bertz CT molecular complexity index is 949. The van der Waals surface area contributed by atoms with E-state index in [1.54, 1.807) is 26.0 Å². The molecule has 0 heterocycles. The van der Waals surface area contributed by atoms with Gasteiger partial charge in [0.2, 0.25) is 17.7 Å². The molecule has 0 saturated heterocycles. The number of carboxylic acids is 2. The van der Waals surface area contributed by atoms with Crippen molar-refractivity contribution >= 4 is 29.7 Å². The summed E-state index contributed by atoms with van der Waals surface area (Å²) in [6, 6.07) is 1.37. The van der Waals surface area contributed by atoms with Crippen LogP contribution in [0.25, 0.3) is 0 Å². The molecule has 0 radical (unpaired) electrons. The van der Waals surface area contributed by atoms with Crippen LogP contribution in [0.3, 0.4) is 0 Å². The summed E-state index contributed by atoms with van der Waals surface area (Å²) in [7, 11) is 0. The number of phenols is 1. The van der Waals surface area contributed by atoms with Crippen molar-refractivity contribution in [3.05, 3.63) is 29.8 Å². The Labute approximate surface area is 216 Å². The zero-order chi connectivity index (χ0) is 28.3. The average molecular weight is 523 g/mol. The van der Waals surface area contributed by atoms with Crippen LogP contribution in [0.4, 0.5) is 0 Å². The fraction of sp³-hybridized carbons (Fsp3) is 0.560. The van der Waals surface area contributed by atoms with Crippen LogP contribution >= 0.6 is 0 Å². The molecule has 0 aliphatic carbocycles. The monoisotopic (exact) mass is 522 g/mol. The van der Waals surface area contributed by atoms with Crippen molar-refractivity contribution in [1.29, 1.82) is 0 Å². The van der Waals surface area contributed by atoms with Crippen molar-refractivity contribution in [2.24, 2.45) is 17.6 Å². The number of aromatic hydroxyl groups is 1. The van der Waals surface area contributed by atoms with Crippen LogP contribution in [-0.4, -0.2) is 69.1 Å². The molecule has 0 bridgehead atoms. The SMILES string of the molecule is CC(C)CC(NC(=O)C(N)CCC(=O)O)C(=O)NC(Cc1ccc(O)cc1)C(=O)NC(C(=O)O)C(C)C. The number of rotatable bonds is 15. The number of carbonyl (C=O) groups is 5. The van der Waals surface area contributed by atoms with Crippen molar-refractivity contribution in [2.45, 2.75) is 77.5 Å². The molecule has 1 rings (SSSR count). The van der Waals surface area contributed by atoms with Gasteiger partial charge >= 0.3 is 11.9 Å². The maximum atomic E-state index is 13.2. The smallest absolute Gasteiger partial charge is 0.326 e. The van der Waals surface area contributed by atoms with E-state index in [4.69, 9.17) is 10.8 Å². The number of carboxylic acid groups (broad SMARTS) is 2. The number of carbonyl (C=O) groups excluding carboxylic acids is 3. The van der Waals surface area contributed by atoms with Crippen molar-refractivity contribution in [3.63, 3.8) is 0 Å². The molecule has 0 aliphatic heterocycles. The van der Waals surface area contributed by atoms with Crippen molar-refractivity contribution in [3.8, 4) is 5.75 Å². The molecule has 12 heteroatoms. The highest BCUT2D eigenvalue weighted by atomic mass is 16.4. The Morgan fingerprint density at radius 2 is 1.38 bits per heavy atom. The molecule has 4 atom stereocenters. The molecule has 0 saturated carbocycles. The predicted octanol–water partition coefficient (Wildman–Crippen LogP) is 0.368. The third kappa shape index (κ3) is 11.3. The van der Waals surface area contributed by atoms with Crippen LogP contribution in [0.5, 0.6) is 5.75 Å². The molecule has 0 aromatic heterocycles. The molecular formula is C25H38N4O8. The summed E-state index contributed by atoms with van der Waals surface area (Å²) < 4.78 is 0. The largest absolute Gasteiger partial charge is 0.508 e. The molecule has 1 aromatic rings. The third-order valence-corrected chi connectivity index (χ3v) is 5.59. The first-order valence-electron chi connectivity index (χ1n) is 12.1. The number of nitrogens with one attached hydrogen (secondary N) is 3. The van der Waals surface area contributed by atoms with Crippen LogP contribution in [-0.2, 0) is 30.4 Å². The molecule has 37 heavy (non-hydrogen) atoms. The number of phenolic OH excluding ortho intramolecular Hbond substituents is 1. The topological polar surface area (TPSA) is 208 Å². The van der Waals surface area contributed by atoms with Crippen molar-refractivity contribution in [2.75, 3.05) is 0 Å². The quantitative estimate of drug-likeness (QED) is 0.169. The van der Waals surface area contributed by atoms with E-state index in [2.05, 4.69) is 16.0 Å². The van der Waals surface area contributed by atoms with Gasteiger partial charge in [-0.2, -0.15) is 0 Å². The molecular weight excluding hydrogens is 484 g/mol. The van der Waals surface area contributed by atoms with Gasteiger partial charge < -0.3 is 37.0 Å². The van der Waals surface area contributed by atoms with E-state index < -0.39 is 59.7 Å². The van der Waals surface area contributed by atoms with E-state index in [1.165, 1.54) is 12.1 Å². The summed E-state index contributed by atoms with van der Waals surface area (Å²) in [6.45, 7) is 6.93. The number of hydrogen-bond donors (Lipinski definition) is 7. The minimum Gasteiger partial charge on any atom is -0.508 e. The van der Waals surface area contributed by atoms with Crippen LogP contribution in [0.1, 0.15) is 52.5 Å². The molecule has 1 aromatic carbocycles. The molecule has 3 amide bonds. The van der Waals surface area contributed by atoms with Crippen LogP contribution in [0, 0.1) is 11.8 Å². The average Bonchev–Trinajstić information content (AvgIpc) is 2.80. The number of nitrogens with two attached hydrogens (primary N) is 1. The van der Waals surface area contributed by atoms with Gasteiger partial charge in [0.15, 0.2) is 0 Å². The van der Waals surface area contributed by atoms with E-state index in [9.17, 15) is 34.2 Å². The van der Waals surface area contributed by atoms with Gasteiger partial charge in [0.05, 0.1) is 6.04 Å². The first-order chi connectivity index (χ1) is 17.2. The Hall–Kier alpha value is -3.67. The van der Waals surface area contributed by atoms with Crippen molar-refractivity contribution in [1.82, 2.24) is 16.0 Å². The summed E-state index contributed by atoms with van der Waals surface area (Å²) in [5, 5.41) is 35.4. The molecule has 0 spiro atoms. The van der Waals surface area contributed by atoms with Crippen LogP contribution in [0.2, 0.25) is 0 Å². The highest BCUT2D eigenvalue weighted by Crippen LogP contribution is 2.13. The molecule has 206 valence electrons. The number of hydrogen-bond acceptors (Lipinski definition) is 7. The highest BCUT2D eigenvalue weighted by Gasteiger charge is 2.31. The van der Waals surface area contributed by atoms with Crippen LogP contribution in [0.15, 0.2) is 24.3 Å². The third-order valence-electron chi connectivity index (χ3n) is 5.59. The van der Waals surface area contributed by atoms with Gasteiger partial charge in [0.1, 0.15) is 23.9 Å². The fourth-order valence-corrected chi connectivity index (χ4v) is 3.51. The summed E-state index contributed by atoms with van der Waals surface area (Å²) >= 11 is 0. The Kier molecular flexibility index (Phi) is 12.5. The minimum atomic E-state index is -1.22. The minimum absolute atomic E-state index is 0.0112. The number of benzene rings is 1. The second-order valence-corrected chi connectivity index (χ2v) is 9.73. The molecule has 12 nitrogen and oxygen atoms in total. The Morgan fingerprint density at radius 1 is 0.838 bits per heavy atom. The van der Waals surface area contributed by atoms with Gasteiger partial charge in [0, 0.05) is 12.8 Å². The summed E-state index contributed by atoms with van der Waals surface area (Å²) in [4.78, 5) is 61.2. The summed E-state index contributed by atoms with van der Waals surface area (Å²) in [5.41, 5.74) is 6.37. The second kappa shape index (κ2) is 14.8. The highest BCUT2D eigenvalue weighted by molar-refractivity contribution is 5.94. The summed E-state index contributed by atoms with van der Waals surface area (Å²) in [6.07, 6.45) is -0.233. The fourth-order valence-electron chi connectivity index (χ4n) is 3.51. The molecule has 0 aliphatic rings. The zero-order valence-corrected chi connectivity index (χ0v) is 21.6.